The van der Waals surface area contributed by atoms with Gasteiger partial charge < -0.3 is 34.9 Å². The fourth-order valence-electron chi connectivity index (χ4n) is 3.55. The van der Waals surface area contributed by atoms with Gasteiger partial charge in [0.1, 0.15) is 6.04 Å². The highest BCUT2D eigenvalue weighted by Crippen LogP contribution is 2.38. The number of hydrogen-bond acceptors (Lipinski definition) is 6. The van der Waals surface area contributed by atoms with Crippen molar-refractivity contribution in [2.75, 3.05) is 33.2 Å². The lowest BCUT2D eigenvalue weighted by atomic mass is 10.1. The number of rotatable bonds is 7. The quantitative estimate of drug-likeness (QED) is 0.621. The first-order valence-electron chi connectivity index (χ1n) is 9.84. The van der Waals surface area contributed by atoms with E-state index in [1.165, 1.54) is 26.2 Å². The highest BCUT2D eigenvalue weighted by molar-refractivity contribution is 5.94. The number of hydrogen-bond donors (Lipinski definition) is 3. The Labute approximate surface area is 180 Å². The van der Waals surface area contributed by atoms with E-state index < -0.39 is 18.2 Å². The van der Waals surface area contributed by atoms with Gasteiger partial charge in [-0.2, -0.15) is 0 Å². The maximum atomic E-state index is 12.8. The van der Waals surface area contributed by atoms with E-state index in [0.717, 1.165) is 5.56 Å². The number of para-hydroxylation sites is 1. The van der Waals surface area contributed by atoms with Crippen molar-refractivity contribution in [3.8, 4) is 17.2 Å². The van der Waals surface area contributed by atoms with Gasteiger partial charge in [0.05, 0.1) is 27.4 Å². The molecule has 2 aromatic rings. The molecule has 1 aliphatic heterocycles. The van der Waals surface area contributed by atoms with Crippen molar-refractivity contribution >= 4 is 17.6 Å². The minimum Gasteiger partial charge on any atom is -0.493 e. The van der Waals surface area contributed by atoms with E-state index in [9.17, 15) is 14.7 Å². The zero-order valence-electron chi connectivity index (χ0n) is 17.8. The van der Waals surface area contributed by atoms with Gasteiger partial charge in [0.25, 0.3) is 0 Å². The average Bonchev–Trinajstić information content (AvgIpc) is 3.19. The van der Waals surface area contributed by atoms with E-state index >= 15 is 0 Å². The molecule has 3 N–H and O–H groups in total. The van der Waals surface area contributed by atoms with Crippen LogP contribution in [0.4, 0.5) is 10.5 Å². The molecule has 0 bridgehead atoms. The number of ether oxygens (including phenoxy) is 3. The van der Waals surface area contributed by atoms with Crippen molar-refractivity contribution in [1.82, 2.24) is 10.2 Å². The van der Waals surface area contributed by atoms with Gasteiger partial charge >= 0.3 is 6.03 Å². The smallest absolute Gasteiger partial charge is 0.322 e. The molecular weight excluding hydrogens is 402 g/mol. The van der Waals surface area contributed by atoms with Crippen LogP contribution in [0, 0.1) is 0 Å². The number of amides is 3. The van der Waals surface area contributed by atoms with Crippen LogP contribution in [0.25, 0.3) is 0 Å². The summed E-state index contributed by atoms with van der Waals surface area (Å²) in [5.74, 6) is 1.06. The van der Waals surface area contributed by atoms with Crippen molar-refractivity contribution in [2.24, 2.45) is 0 Å². The summed E-state index contributed by atoms with van der Waals surface area (Å²) in [6, 6.07) is 11.2. The van der Waals surface area contributed by atoms with Crippen LogP contribution in [-0.2, 0) is 11.3 Å². The van der Waals surface area contributed by atoms with Crippen LogP contribution < -0.4 is 24.8 Å². The molecule has 2 atom stereocenters. The molecule has 1 heterocycles. The summed E-state index contributed by atoms with van der Waals surface area (Å²) < 4.78 is 16.0. The molecule has 0 saturated carbocycles. The van der Waals surface area contributed by atoms with Crippen LogP contribution >= 0.6 is 0 Å². The third-order valence-corrected chi connectivity index (χ3v) is 5.06. The van der Waals surface area contributed by atoms with E-state index in [1.54, 1.807) is 36.4 Å². The van der Waals surface area contributed by atoms with Gasteiger partial charge in [0.2, 0.25) is 11.7 Å². The van der Waals surface area contributed by atoms with E-state index in [0.29, 0.717) is 22.9 Å². The number of β-amino-alcohol motifs (C(OH)–C–C–N with tert-alkyl or cyclic N) is 1. The van der Waals surface area contributed by atoms with Crippen LogP contribution in [0.5, 0.6) is 17.2 Å². The van der Waals surface area contributed by atoms with E-state index in [2.05, 4.69) is 10.6 Å². The average molecular weight is 429 g/mol. The molecule has 1 aliphatic rings. The molecule has 31 heavy (non-hydrogen) atoms. The number of carbonyl (C=O) groups excluding carboxylic acids is 2. The molecule has 2 aromatic carbocycles. The second kappa shape index (κ2) is 10.0. The standard InChI is InChI=1S/C22H27N3O6/c1-29-18-9-14(10-19(30-2)20(18)31-3)12-23-21(27)17-11-16(26)13-25(17)22(28)24-15-7-5-4-6-8-15/h4-10,16-17,26H,11-13H2,1-3H3,(H,23,27)(H,24,28)/t16-,17+/m1/s1. The molecule has 166 valence electrons. The first-order valence-corrected chi connectivity index (χ1v) is 9.84. The number of nitrogens with zero attached hydrogens (tertiary/aromatic N) is 1. The molecular formula is C22H27N3O6. The first-order chi connectivity index (χ1) is 15.0. The van der Waals surface area contributed by atoms with Crippen LogP contribution in [0.15, 0.2) is 42.5 Å². The molecule has 0 spiro atoms. The molecule has 0 aliphatic carbocycles. The number of benzene rings is 2. The Hall–Kier alpha value is -3.46. The van der Waals surface area contributed by atoms with Crippen LogP contribution in [-0.4, -0.2) is 62.0 Å². The predicted molar refractivity (Wildman–Crippen MR) is 115 cm³/mol. The van der Waals surface area contributed by atoms with E-state index in [-0.39, 0.29) is 25.4 Å². The van der Waals surface area contributed by atoms with E-state index in [4.69, 9.17) is 14.2 Å². The Morgan fingerprint density at radius 3 is 2.29 bits per heavy atom. The maximum Gasteiger partial charge on any atom is 0.322 e. The minimum atomic E-state index is -0.777. The Bertz CT molecular complexity index is 896. The van der Waals surface area contributed by atoms with Crippen molar-refractivity contribution in [2.45, 2.75) is 25.1 Å². The van der Waals surface area contributed by atoms with Gasteiger partial charge in [0, 0.05) is 25.2 Å². The Kier molecular flexibility index (Phi) is 7.19. The van der Waals surface area contributed by atoms with Crippen molar-refractivity contribution < 1.29 is 28.9 Å². The normalized spacial score (nSPS) is 17.7. The van der Waals surface area contributed by atoms with Crippen molar-refractivity contribution in [1.29, 1.82) is 0 Å². The third-order valence-electron chi connectivity index (χ3n) is 5.06. The zero-order valence-corrected chi connectivity index (χ0v) is 17.8. The minimum absolute atomic E-state index is 0.0843. The zero-order chi connectivity index (χ0) is 22.4. The summed E-state index contributed by atoms with van der Waals surface area (Å²) >= 11 is 0. The number of anilines is 1. The summed E-state index contributed by atoms with van der Waals surface area (Å²) in [6.45, 7) is 0.275. The molecule has 3 rings (SSSR count). The molecule has 0 aromatic heterocycles. The molecule has 0 radical (unpaired) electrons. The second-order valence-electron chi connectivity index (χ2n) is 7.11. The van der Waals surface area contributed by atoms with Crippen LogP contribution in [0.1, 0.15) is 12.0 Å². The molecule has 9 heteroatoms. The van der Waals surface area contributed by atoms with Gasteiger partial charge in [-0.05, 0) is 29.8 Å². The predicted octanol–water partition coefficient (Wildman–Crippen LogP) is 2.00. The Morgan fingerprint density at radius 2 is 1.71 bits per heavy atom. The van der Waals surface area contributed by atoms with Crippen LogP contribution in [0.3, 0.4) is 0 Å². The lowest BCUT2D eigenvalue weighted by Gasteiger charge is -2.24. The van der Waals surface area contributed by atoms with E-state index in [1.807, 2.05) is 6.07 Å². The number of likely N-dealkylation sites (tertiary alicyclic amines) is 1. The topological polar surface area (TPSA) is 109 Å². The lowest BCUT2D eigenvalue weighted by molar-refractivity contribution is -0.124. The largest absolute Gasteiger partial charge is 0.493 e. The molecule has 3 amide bonds. The fraction of sp³-hybridized carbons (Fsp3) is 0.364. The molecule has 9 nitrogen and oxygen atoms in total. The summed E-state index contributed by atoms with van der Waals surface area (Å²) in [5.41, 5.74) is 1.35. The third kappa shape index (κ3) is 5.18. The van der Waals surface area contributed by atoms with Crippen molar-refractivity contribution in [3.05, 3.63) is 48.0 Å². The first kappa shape index (κ1) is 22.2. The maximum absolute atomic E-state index is 12.8. The Balaban J connectivity index is 1.68. The highest BCUT2D eigenvalue weighted by Gasteiger charge is 2.39. The number of urea groups is 1. The number of carbonyl (C=O) groups is 2. The monoisotopic (exact) mass is 429 g/mol. The van der Waals surface area contributed by atoms with Gasteiger partial charge in [-0.25, -0.2) is 4.79 Å². The molecule has 1 saturated heterocycles. The number of aliphatic hydroxyl groups excluding tert-OH is 1. The number of aliphatic hydroxyl groups is 1. The SMILES string of the molecule is COc1cc(CNC(=O)[C@@H]2C[C@@H](O)CN2C(=O)Nc2ccccc2)cc(OC)c1OC. The summed E-state index contributed by atoms with van der Waals surface area (Å²) in [7, 11) is 4.55. The number of methoxy groups -OCH3 is 3. The number of nitrogens with one attached hydrogen (secondary N) is 2. The van der Waals surface area contributed by atoms with Crippen LogP contribution in [0.2, 0.25) is 0 Å². The van der Waals surface area contributed by atoms with Gasteiger partial charge in [0.15, 0.2) is 11.5 Å². The lowest BCUT2D eigenvalue weighted by Crippen LogP contribution is -2.47. The highest BCUT2D eigenvalue weighted by atomic mass is 16.5. The Morgan fingerprint density at radius 1 is 1.06 bits per heavy atom. The fourth-order valence-corrected chi connectivity index (χ4v) is 3.55. The van der Waals surface area contributed by atoms with Gasteiger partial charge in [-0.1, -0.05) is 18.2 Å². The summed E-state index contributed by atoms with van der Waals surface area (Å²) in [6.07, 6.45) is -0.595. The van der Waals surface area contributed by atoms with Gasteiger partial charge in [-0.15, -0.1) is 0 Å². The summed E-state index contributed by atoms with van der Waals surface area (Å²) in [5, 5.41) is 15.6. The van der Waals surface area contributed by atoms with Gasteiger partial charge in [-0.3, -0.25) is 4.79 Å². The molecule has 1 fully saturated rings. The van der Waals surface area contributed by atoms with Crippen molar-refractivity contribution in [3.63, 3.8) is 0 Å². The second-order valence-corrected chi connectivity index (χ2v) is 7.11. The molecule has 0 unspecified atom stereocenters. The summed E-state index contributed by atoms with van der Waals surface area (Å²) in [4.78, 5) is 26.8.